The van der Waals surface area contributed by atoms with E-state index in [0.717, 1.165) is 11.1 Å². The smallest absolute Gasteiger partial charge is 0.311 e. The van der Waals surface area contributed by atoms with Gasteiger partial charge in [0, 0.05) is 18.0 Å². The number of carbonyl (C=O) groups is 3. The molecule has 2 amide bonds. The van der Waals surface area contributed by atoms with Gasteiger partial charge < -0.3 is 15.0 Å². The van der Waals surface area contributed by atoms with E-state index in [1.165, 1.54) is 36.3 Å². The van der Waals surface area contributed by atoms with E-state index >= 15 is 0 Å². The Hall–Kier alpha value is -5.29. The molecule has 1 aliphatic rings. The molecule has 216 valence electrons. The molecule has 0 radical (unpaired) electrons. The van der Waals surface area contributed by atoms with Gasteiger partial charge in [0.25, 0.3) is 5.91 Å². The summed E-state index contributed by atoms with van der Waals surface area (Å²) < 4.78 is 19.1. The summed E-state index contributed by atoms with van der Waals surface area (Å²) in [7, 11) is 1.27. The van der Waals surface area contributed by atoms with Gasteiger partial charge in [-0.25, -0.2) is 4.39 Å². The number of rotatable bonds is 7. The molecule has 1 fully saturated rings. The van der Waals surface area contributed by atoms with E-state index in [0.29, 0.717) is 16.7 Å². The van der Waals surface area contributed by atoms with Crippen LogP contribution in [-0.2, 0) is 20.9 Å². The van der Waals surface area contributed by atoms with Crippen molar-refractivity contribution in [3.63, 3.8) is 0 Å². The molecular weight excluding hydrogens is 545 g/mol. The standard InChI is InChI=1S/C35H30FN3O4/c1-22-8-10-24(11-9-22)21-38-33(40)32-29(25-6-4-3-5-7-25)30(35(42)43-2)31(26-14-12-23(20-37)13-15-26)39(32)34(41)27-16-18-28(36)19-17-27/h3-19,29-32H,21H2,1-2H3,(H,38,40). The van der Waals surface area contributed by atoms with Gasteiger partial charge in [0.15, 0.2) is 0 Å². The monoisotopic (exact) mass is 575 g/mol. The molecule has 0 saturated carbocycles. The van der Waals surface area contributed by atoms with Crippen molar-refractivity contribution in [2.75, 3.05) is 7.11 Å². The van der Waals surface area contributed by atoms with Crippen LogP contribution in [0.5, 0.6) is 0 Å². The van der Waals surface area contributed by atoms with Crippen LogP contribution >= 0.6 is 0 Å². The molecule has 8 heteroatoms. The van der Waals surface area contributed by atoms with E-state index in [9.17, 15) is 24.0 Å². The van der Waals surface area contributed by atoms with Crippen molar-refractivity contribution in [3.05, 3.63) is 142 Å². The summed E-state index contributed by atoms with van der Waals surface area (Å²) in [5.41, 5.74) is 3.75. The lowest BCUT2D eigenvalue weighted by Crippen LogP contribution is -2.48. The zero-order valence-electron chi connectivity index (χ0n) is 23.7. The number of amides is 2. The second kappa shape index (κ2) is 12.7. The summed E-state index contributed by atoms with van der Waals surface area (Å²) in [4.78, 5) is 43.6. The number of nitriles is 1. The number of nitrogens with one attached hydrogen (secondary N) is 1. The van der Waals surface area contributed by atoms with Crippen LogP contribution in [0.25, 0.3) is 0 Å². The fourth-order valence-corrected chi connectivity index (χ4v) is 5.79. The molecule has 1 saturated heterocycles. The second-order valence-corrected chi connectivity index (χ2v) is 10.5. The Morgan fingerprint density at radius 3 is 2.14 bits per heavy atom. The molecule has 43 heavy (non-hydrogen) atoms. The van der Waals surface area contributed by atoms with Gasteiger partial charge in [0.2, 0.25) is 5.91 Å². The highest BCUT2D eigenvalue weighted by atomic mass is 19.1. The minimum atomic E-state index is -1.13. The van der Waals surface area contributed by atoms with Crippen molar-refractivity contribution in [3.8, 4) is 6.07 Å². The van der Waals surface area contributed by atoms with Gasteiger partial charge in [0.1, 0.15) is 11.9 Å². The zero-order chi connectivity index (χ0) is 30.5. The van der Waals surface area contributed by atoms with E-state index < -0.39 is 47.5 Å². The summed E-state index contributed by atoms with van der Waals surface area (Å²) in [6, 6.07) is 28.5. The van der Waals surface area contributed by atoms with Gasteiger partial charge in [-0.15, -0.1) is 0 Å². The van der Waals surface area contributed by atoms with Crippen molar-refractivity contribution in [1.82, 2.24) is 10.2 Å². The Labute approximate surface area is 249 Å². The number of benzene rings is 4. The first-order valence-corrected chi connectivity index (χ1v) is 13.9. The maximum atomic E-state index is 14.3. The molecule has 4 unspecified atom stereocenters. The lowest BCUT2D eigenvalue weighted by atomic mass is 9.79. The molecular formula is C35H30FN3O4. The van der Waals surface area contributed by atoms with Crippen LogP contribution in [0.15, 0.2) is 103 Å². The Kier molecular flexibility index (Phi) is 8.63. The van der Waals surface area contributed by atoms with Crippen molar-refractivity contribution in [1.29, 1.82) is 5.26 Å². The predicted molar refractivity (Wildman–Crippen MR) is 158 cm³/mol. The topological polar surface area (TPSA) is 99.5 Å². The Bertz CT molecular complexity index is 1650. The predicted octanol–water partition coefficient (Wildman–Crippen LogP) is 5.46. The third kappa shape index (κ3) is 6.02. The van der Waals surface area contributed by atoms with Crippen molar-refractivity contribution >= 4 is 17.8 Å². The van der Waals surface area contributed by atoms with E-state index in [1.807, 2.05) is 61.5 Å². The molecule has 0 spiro atoms. The highest BCUT2D eigenvalue weighted by Gasteiger charge is 2.58. The maximum absolute atomic E-state index is 14.3. The van der Waals surface area contributed by atoms with Gasteiger partial charge in [-0.3, -0.25) is 14.4 Å². The summed E-state index contributed by atoms with van der Waals surface area (Å²) in [5.74, 6) is -3.85. The van der Waals surface area contributed by atoms with Gasteiger partial charge in [0.05, 0.1) is 30.7 Å². The Balaban J connectivity index is 1.68. The SMILES string of the molecule is COC(=O)C1C(c2ccccc2)C(C(=O)NCc2ccc(C)cc2)N(C(=O)c2ccc(F)cc2)C1c1ccc(C#N)cc1. The second-order valence-electron chi connectivity index (χ2n) is 10.5. The molecule has 0 bridgehead atoms. The lowest BCUT2D eigenvalue weighted by Gasteiger charge is -2.31. The summed E-state index contributed by atoms with van der Waals surface area (Å²) in [6.45, 7) is 2.18. The van der Waals surface area contributed by atoms with Gasteiger partial charge >= 0.3 is 5.97 Å². The number of esters is 1. The molecule has 4 aromatic rings. The normalized spacial score (nSPS) is 19.3. The van der Waals surface area contributed by atoms with Crippen LogP contribution in [-0.4, -0.2) is 35.8 Å². The van der Waals surface area contributed by atoms with Crippen molar-refractivity contribution in [2.24, 2.45) is 5.92 Å². The fourth-order valence-electron chi connectivity index (χ4n) is 5.79. The van der Waals surface area contributed by atoms with E-state index in [2.05, 4.69) is 11.4 Å². The van der Waals surface area contributed by atoms with Gasteiger partial charge in [-0.2, -0.15) is 5.26 Å². The number of hydrogen-bond donors (Lipinski definition) is 1. The lowest BCUT2D eigenvalue weighted by molar-refractivity contribution is -0.146. The molecule has 1 heterocycles. The summed E-state index contributed by atoms with van der Waals surface area (Å²) in [5, 5.41) is 12.4. The minimum absolute atomic E-state index is 0.161. The molecule has 4 atom stereocenters. The molecule has 1 aliphatic heterocycles. The Morgan fingerprint density at radius 1 is 0.884 bits per heavy atom. The van der Waals surface area contributed by atoms with Crippen LogP contribution in [0, 0.1) is 30.0 Å². The number of methoxy groups -OCH3 is 1. The number of carbonyl (C=O) groups excluding carboxylic acids is 3. The number of nitrogens with zero attached hydrogens (tertiary/aromatic N) is 2. The molecule has 1 N–H and O–H groups in total. The van der Waals surface area contributed by atoms with Gasteiger partial charge in [-0.1, -0.05) is 72.3 Å². The number of ether oxygens (including phenoxy) is 1. The fraction of sp³-hybridized carbons (Fsp3) is 0.200. The summed E-state index contributed by atoms with van der Waals surface area (Å²) >= 11 is 0. The maximum Gasteiger partial charge on any atom is 0.311 e. The van der Waals surface area contributed by atoms with E-state index in [-0.39, 0.29) is 12.1 Å². The molecule has 7 nitrogen and oxygen atoms in total. The number of hydrogen-bond acceptors (Lipinski definition) is 5. The molecule has 0 aliphatic carbocycles. The molecule has 4 aromatic carbocycles. The largest absolute Gasteiger partial charge is 0.469 e. The highest BCUT2D eigenvalue weighted by molar-refractivity contribution is 6.00. The van der Waals surface area contributed by atoms with Crippen molar-refractivity contribution in [2.45, 2.75) is 31.5 Å². The van der Waals surface area contributed by atoms with E-state index in [1.54, 1.807) is 24.3 Å². The number of likely N-dealkylation sites (tertiary alicyclic amines) is 1. The van der Waals surface area contributed by atoms with Crippen LogP contribution < -0.4 is 5.32 Å². The molecule has 0 aromatic heterocycles. The zero-order valence-corrected chi connectivity index (χ0v) is 23.7. The average molecular weight is 576 g/mol. The van der Waals surface area contributed by atoms with E-state index in [4.69, 9.17) is 4.74 Å². The quantitative estimate of drug-likeness (QED) is 0.295. The van der Waals surface area contributed by atoms with Crippen LogP contribution in [0.4, 0.5) is 4.39 Å². The first kappa shape index (κ1) is 29.2. The first-order chi connectivity index (χ1) is 20.8. The third-order valence-electron chi connectivity index (χ3n) is 7.89. The van der Waals surface area contributed by atoms with Crippen LogP contribution in [0.2, 0.25) is 0 Å². The number of halogens is 1. The Morgan fingerprint density at radius 2 is 1.53 bits per heavy atom. The van der Waals surface area contributed by atoms with Crippen LogP contribution in [0.3, 0.4) is 0 Å². The third-order valence-corrected chi connectivity index (χ3v) is 7.89. The highest BCUT2D eigenvalue weighted by Crippen LogP contribution is 2.51. The van der Waals surface area contributed by atoms with Crippen LogP contribution in [0.1, 0.15) is 50.1 Å². The minimum Gasteiger partial charge on any atom is -0.469 e. The molecule has 5 rings (SSSR count). The first-order valence-electron chi connectivity index (χ1n) is 13.9. The average Bonchev–Trinajstić information content (AvgIpc) is 3.40. The summed E-state index contributed by atoms with van der Waals surface area (Å²) in [6.07, 6.45) is 0. The van der Waals surface area contributed by atoms with Crippen molar-refractivity contribution < 1.29 is 23.5 Å². The number of aryl methyl sites for hydroxylation is 1. The van der Waals surface area contributed by atoms with Gasteiger partial charge in [-0.05, 0) is 60.0 Å².